The van der Waals surface area contributed by atoms with Gasteiger partial charge < -0.3 is 4.90 Å². The number of aromatic nitrogens is 1. The molecule has 0 radical (unpaired) electrons. The molecule has 0 aliphatic rings. The molecule has 0 unspecified atom stereocenters. The van der Waals surface area contributed by atoms with Crippen LogP contribution in [0.3, 0.4) is 0 Å². The lowest BCUT2D eigenvalue weighted by molar-refractivity contribution is 0.0752. The van der Waals surface area contributed by atoms with E-state index in [2.05, 4.69) is 4.98 Å². The molecule has 3 nitrogen and oxygen atoms in total. The Kier molecular flexibility index (Phi) is 4.53. The SMILES string of the molecule is CCN(Cc1ccccc1)C(=O)c1ccnc(Cl)c1. The van der Waals surface area contributed by atoms with E-state index in [9.17, 15) is 4.79 Å². The minimum absolute atomic E-state index is 0.0318. The number of amides is 1. The highest BCUT2D eigenvalue weighted by Gasteiger charge is 2.14. The number of nitrogens with zero attached hydrogens (tertiary/aromatic N) is 2. The monoisotopic (exact) mass is 274 g/mol. The molecule has 1 aromatic heterocycles. The van der Waals surface area contributed by atoms with Gasteiger partial charge in [-0.15, -0.1) is 0 Å². The van der Waals surface area contributed by atoms with Gasteiger partial charge in [-0.25, -0.2) is 4.98 Å². The third-order valence-corrected chi connectivity index (χ3v) is 3.07. The van der Waals surface area contributed by atoms with Crippen LogP contribution in [0.2, 0.25) is 5.15 Å². The Morgan fingerprint density at radius 2 is 2.00 bits per heavy atom. The number of pyridine rings is 1. The highest BCUT2D eigenvalue weighted by atomic mass is 35.5. The Labute approximate surface area is 117 Å². The second-order valence-corrected chi connectivity index (χ2v) is 4.56. The number of benzene rings is 1. The molecule has 2 aromatic rings. The number of rotatable bonds is 4. The predicted octanol–water partition coefficient (Wildman–Crippen LogP) is 3.40. The van der Waals surface area contributed by atoms with E-state index >= 15 is 0 Å². The van der Waals surface area contributed by atoms with Crippen LogP contribution in [0, 0.1) is 0 Å². The minimum Gasteiger partial charge on any atom is -0.335 e. The van der Waals surface area contributed by atoms with E-state index in [1.165, 1.54) is 0 Å². The molecule has 0 spiro atoms. The minimum atomic E-state index is -0.0318. The molecule has 2 rings (SSSR count). The molecule has 0 aliphatic heterocycles. The summed E-state index contributed by atoms with van der Waals surface area (Å²) in [5.41, 5.74) is 1.68. The first-order valence-electron chi connectivity index (χ1n) is 6.15. The van der Waals surface area contributed by atoms with Crippen molar-refractivity contribution in [3.63, 3.8) is 0 Å². The average Bonchev–Trinajstić information content (AvgIpc) is 2.45. The van der Waals surface area contributed by atoms with Gasteiger partial charge in [-0.3, -0.25) is 4.79 Å². The first kappa shape index (κ1) is 13.6. The van der Waals surface area contributed by atoms with Crippen LogP contribution in [0.25, 0.3) is 0 Å². The van der Waals surface area contributed by atoms with Crippen molar-refractivity contribution in [2.45, 2.75) is 13.5 Å². The molecule has 0 saturated carbocycles. The lowest BCUT2D eigenvalue weighted by Crippen LogP contribution is -2.30. The topological polar surface area (TPSA) is 33.2 Å². The summed E-state index contributed by atoms with van der Waals surface area (Å²) in [6.45, 7) is 3.20. The molecular formula is C15H15ClN2O. The van der Waals surface area contributed by atoms with Crippen molar-refractivity contribution < 1.29 is 4.79 Å². The third kappa shape index (κ3) is 3.55. The van der Waals surface area contributed by atoms with E-state index in [0.29, 0.717) is 23.8 Å². The van der Waals surface area contributed by atoms with Gasteiger partial charge in [0.25, 0.3) is 5.91 Å². The molecule has 4 heteroatoms. The summed E-state index contributed by atoms with van der Waals surface area (Å²) in [5, 5.41) is 0.335. The Hall–Kier alpha value is -1.87. The quantitative estimate of drug-likeness (QED) is 0.801. The van der Waals surface area contributed by atoms with E-state index in [-0.39, 0.29) is 5.91 Å². The van der Waals surface area contributed by atoms with Gasteiger partial charge in [0.05, 0.1) is 0 Å². The molecule has 0 bridgehead atoms. The molecule has 0 saturated heterocycles. The van der Waals surface area contributed by atoms with Gasteiger partial charge in [0.2, 0.25) is 0 Å². The van der Waals surface area contributed by atoms with E-state index in [1.54, 1.807) is 23.2 Å². The van der Waals surface area contributed by atoms with E-state index in [1.807, 2.05) is 37.3 Å². The predicted molar refractivity (Wildman–Crippen MR) is 76.1 cm³/mol. The van der Waals surface area contributed by atoms with Crippen molar-refractivity contribution in [2.24, 2.45) is 0 Å². The van der Waals surface area contributed by atoms with E-state index in [4.69, 9.17) is 11.6 Å². The average molecular weight is 275 g/mol. The summed E-state index contributed by atoms with van der Waals surface area (Å²) in [6, 6.07) is 13.2. The van der Waals surface area contributed by atoms with E-state index in [0.717, 1.165) is 5.56 Å². The first-order chi connectivity index (χ1) is 9.20. The summed E-state index contributed by atoms with van der Waals surface area (Å²) in [5.74, 6) is -0.0318. The largest absolute Gasteiger partial charge is 0.335 e. The number of hydrogen-bond donors (Lipinski definition) is 0. The first-order valence-corrected chi connectivity index (χ1v) is 6.53. The maximum absolute atomic E-state index is 12.4. The third-order valence-electron chi connectivity index (χ3n) is 2.86. The van der Waals surface area contributed by atoms with Gasteiger partial charge in [-0.1, -0.05) is 41.9 Å². The zero-order valence-electron chi connectivity index (χ0n) is 10.7. The molecule has 0 atom stereocenters. The van der Waals surface area contributed by atoms with Crippen LogP contribution in [0.5, 0.6) is 0 Å². The zero-order valence-corrected chi connectivity index (χ0v) is 11.5. The van der Waals surface area contributed by atoms with Crippen LogP contribution in [0.1, 0.15) is 22.8 Å². The Morgan fingerprint density at radius 3 is 2.63 bits per heavy atom. The maximum Gasteiger partial charge on any atom is 0.254 e. The Bertz CT molecular complexity index is 557. The fraction of sp³-hybridized carbons (Fsp3) is 0.200. The highest BCUT2D eigenvalue weighted by molar-refractivity contribution is 6.29. The van der Waals surface area contributed by atoms with Crippen LogP contribution in [0.4, 0.5) is 0 Å². The Morgan fingerprint density at radius 1 is 1.26 bits per heavy atom. The van der Waals surface area contributed by atoms with Gasteiger partial charge >= 0.3 is 0 Å². The van der Waals surface area contributed by atoms with Gasteiger partial charge in [0, 0.05) is 24.8 Å². The number of halogens is 1. The lowest BCUT2D eigenvalue weighted by Gasteiger charge is -2.21. The number of hydrogen-bond acceptors (Lipinski definition) is 2. The molecule has 1 aromatic carbocycles. The summed E-state index contributed by atoms with van der Waals surface area (Å²) in [4.78, 5) is 18.0. The fourth-order valence-electron chi connectivity index (χ4n) is 1.85. The second-order valence-electron chi connectivity index (χ2n) is 4.17. The van der Waals surface area contributed by atoms with Gasteiger partial charge in [-0.2, -0.15) is 0 Å². The standard InChI is InChI=1S/C15H15ClN2O/c1-2-18(11-12-6-4-3-5-7-12)15(19)13-8-9-17-14(16)10-13/h3-10H,2,11H2,1H3. The summed E-state index contributed by atoms with van der Waals surface area (Å²) >= 11 is 5.82. The normalized spacial score (nSPS) is 10.2. The smallest absolute Gasteiger partial charge is 0.254 e. The summed E-state index contributed by atoms with van der Waals surface area (Å²) in [7, 11) is 0. The van der Waals surface area contributed by atoms with E-state index < -0.39 is 0 Å². The zero-order chi connectivity index (χ0) is 13.7. The molecule has 1 heterocycles. The summed E-state index contributed by atoms with van der Waals surface area (Å²) in [6.07, 6.45) is 1.55. The van der Waals surface area contributed by atoms with Crippen LogP contribution < -0.4 is 0 Å². The number of carbonyl (C=O) groups excluding carboxylic acids is 1. The van der Waals surface area contributed by atoms with Gasteiger partial charge in [-0.05, 0) is 24.6 Å². The molecule has 98 valence electrons. The van der Waals surface area contributed by atoms with Crippen LogP contribution >= 0.6 is 11.6 Å². The number of carbonyl (C=O) groups is 1. The fourth-order valence-corrected chi connectivity index (χ4v) is 2.02. The molecule has 1 amide bonds. The van der Waals surface area contributed by atoms with Gasteiger partial charge in [0.15, 0.2) is 0 Å². The molecule has 19 heavy (non-hydrogen) atoms. The second kappa shape index (κ2) is 6.34. The van der Waals surface area contributed by atoms with Crippen LogP contribution in [-0.4, -0.2) is 22.3 Å². The van der Waals surface area contributed by atoms with Crippen molar-refractivity contribution in [1.29, 1.82) is 0 Å². The maximum atomic E-state index is 12.4. The highest BCUT2D eigenvalue weighted by Crippen LogP contribution is 2.12. The Balaban J connectivity index is 2.16. The van der Waals surface area contributed by atoms with Crippen molar-refractivity contribution in [2.75, 3.05) is 6.54 Å². The van der Waals surface area contributed by atoms with Crippen molar-refractivity contribution in [3.8, 4) is 0 Å². The molecule has 0 N–H and O–H groups in total. The molecule has 0 fully saturated rings. The van der Waals surface area contributed by atoms with Crippen LogP contribution in [0.15, 0.2) is 48.7 Å². The van der Waals surface area contributed by atoms with Crippen molar-refractivity contribution >= 4 is 17.5 Å². The molecular weight excluding hydrogens is 260 g/mol. The summed E-state index contributed by atoms with van der Waals surface area (Å²) < 4.78 is 0. The molecule has 0 aliphatic carbocycles. The van der Waals surface area contributed by atoms with Crippen molar-refractivity contribution in [1.82, 2.24) is 9.88 Å². The lowest BCUT2D eigenvalue weighted by atomic mass is 10.2. The van der Waals surface area contributed by atoms with Crippen LogP contribution in [-0.2, 0) is 6.54 Å². The van der Waals surface area contributed by atoms with Crippen molar-refractivity contribution in [3.05, 3.63) is 64.9 Å². The van der Waals surface area contributed by atoms with Gasteiger partial charge in [0.1, 0.15) is 5.15 Å².